The summed E-state index contributed by atoms with van der Waals surface area (Å²) in [5.74, 6) is 0. The third-order valence-electron chi connectivity index (χ3n) is 4.60. The van der Waals surface area contributed by atoms with Crippen molar-refractivity contribution in [2.45, 2.75) is 109 Å². The molecule has 0 fully saturated rings. The largest absolute Gasteiger partial charge is 0.377 e. The Balaban J connectivity index is 3.04. The van der Waals surface area contributed by atoms with Crippen LogP contribution in [0, 0.1) is 0 Å². The van der Waals surface area contributed by atoms with Crippen molar-refractivity contribution >= 4 is 66.0 Å². The van der Waals surface area contributed by atoms with Gasteiger partial charge in [0.2, 0.25) is 0 Å². The van der Waals surface area contributed by atoms with Crippen molar-refractivity contribution in [2.75, 3.05) is 13.2 Å². The van der Waals surface area contributed by atoms with Crippen LogP contribution in [0.4, 0.5) is 0 Å². The highest BCUT2D eigenvalue weighted by Gasteiger charge is 2.19. The topological polar surface area (TPSA) is 9.23 Å². The van der Waals surface area contributed by atoms with Crippen LogP contribution in [0.5, 0.6) is 0 Å². The Kier molecular flexibility index (Phi) is 22.0. The number of hydrogen-bond donors (Lipinski definition) is 0. The lowest BCUT2D eigenvalue weighted by Crippen LogP contribution is -2.03. The Morgan fingerprint density at radius 2 is 1.00 bits per heavy atom. The molecule has 0 heterocycles. The van der Waals surface area contributed by atoms with Gasteiger partial charge >= 0.3 is 0 Å². The van der Waals surface area contributed by atoms with Gasteiger partial charge in [-0.2, -0.15) is 0 Å². The van der Waals surface area contributed by atoms with Gasteiger partial charge in [0.1, 0.15) is 0 Å². The van der Waals surface area contributed by atoms with E-state index in [2.05, 4.69) is 72.0 Å². The summed E-state index contributed by atoms with van der Waals surface area (Å²) in [6.07, 6.45) is 21.4. The van der Waals surface area contributed by atoms with E-state index in [4.69, 9.17) is 4.74 Å². The molecule has 5 heteroatoms. The van der Waals surface area contributed by atoms with Crippen LogP contribution in [0.15, 0.2) is 12.2 Å². The highest BCUT2D eigenvalue weighted by Crippen LogP contribution is 2.35. The fourth-order valence-corrected chi connectivity index (χ4v) is 7.16. The summed E-state index contributed by atoms with van der Waals surface area (Å²) < 4.78 is 4.66. The van der Waals surface area contributed by atoms with Gasteiger partial charge in [-0.05, 0) is 19.4 Å². The lowest BCUT2D eigenvalue weighted by Gasteiger charge is -2.08. The Labute approximate surface area is 203 Å². The van der Waals surface area contributed by atoms with Crippen LogP contribution in [0.1, 0.15) is 103 Å². The minimum absolute atomic E-state index is 0.734. The molecule has 0 atom stereocenters. The first-order chi connectivity index (χ1) is 12.4. The van der Waals surface area contributed by atoms with E-state index < -0.39 is 0.564 Å². The lowest BCUT2D eigenvalue weighted by molar-refractivity contribution is 0.151. The fraction of sp³-hybridized carbons (Fsp3) is 0.905. The predicted molar refractivity (Wildman–Crippen MR) is 148 cm³/mol. The van der Waals surface area contributed by atoms with Crippen molar-refractivity contribution in [3.8, 4) is 0 Å². The second kappa shape index (κ2) is 20.4. The summed E-state index contributed by atoms with van der Waals surface area (Å²) in [6.45, 7) is 7.52. The average Bonchev–Trinajstić information content (AvgIpc) is 2.55. The SMILES string of the molecule is C=C(C)COCCCCCCCCCCCCCCCCC[Si](I)(I)I. The maximum Gasteiger partial charge on any atom is 0.253 e. The Morgan fingerprint density at radius 1 is 0.654 bits per heavy atom. The van der Waals surface area contributed by atoms with E-state index in [1.165, 1.54) is 102 Å². The molecule has 0 N–H and O–H groups in total. The zero-order valence-corrected chi connectivity index (χ0v) is 24.4. The average molecular weight is 718 g/mol. The van der Waals surface area contributed by atoms with Gasteiger partial charge < -0.3 is 4.74 Å². The molecule has 0 amide bonds. The van der Waals surface area contributed by atoms with Gasteiger partial charge in [0, 0.05) is 6.61 Å². The highest BCUT2D eigenvalue weighted by molar-refractivity contribution is 14.4. The molecule has 26 heavy (non-hydrogen) atoms. The number of rotatable bonds is 20. The molecular formula is C21H41I3OSi. The third-order valence-corrected chi connectivity index (χ3v) is 10.4. The van der Waals surface area contributed by atoms with Crippen LogP contribution in [0.25, 0.3) is 0 Å². The quantitative estimate of drug-likeness (QED) is 0.0401. The van der Waals surface area contributed by atoms with Crippen LogP contribution in [-0.2, 0) is 4.74 Å². The van der Waals surface area contributed by atoms with Crippen molar-refractivity contribution < 1.29 is 4.74 Å². The molecular weight excluding hydrogens is 677 g/mol. The Morgan fingerprint density at radius 3 is 1.35 bits per heavy atom. The zero-order chi connectivity index (χ0) is 19.5. The van der Waals surface area contributed by atoms with Crippen LogP contribution in [0.3, 0.4) is 0 Å². The summed E-state index contributed by atoms with van der Waals surface area (Å²) in [6, 6.07) is 1.48. The second-order valence-corrected chi connectivity index (χ2v) is 44.6. The van der Waals surface area contributed by atoms with Crippen LogP contribution >= 0.6 is 65.4 Å². The van der Waals surface area contributed by atoms with E-state index in [1.54, 1.807) is 0 Å². The summed E-state index contributed by atoms with van der Waals surface area (Å²) in [4.78, 5) is 0. The molecule has 0 saturated heterocycles. The van der Waals surface area contributed by atoms with Gasteiger partial charge in [0.25, 0.3) is 0.564 Å². The molecule has 1 nitrogen and oxygen atoms in total. The first-order valence-electron chi connectivity index (χ1n) is 10.7. The van der Waals surface area contributed by atoms with Gasteiger partial charge in [-0.25, -0.2) is 0 Å². The van der Waals surface area contributed by atoms with E-state index in [0.717, 1.165) is 18.8 Å². The van der Waals surface area contributed by atoms with Gasteiger partial charge in [-0.3, -0.25) is 0 Å². The minimum Gasteiger partial charge on any atom is -0.377 e. The fourth-order valence-electron chi connectivity index (χ4n) is 3.07. The molecule has 0 saturated carbocycles. The highest BCUT2D eigenvalue weighted by atomic mass is 127. The molecule has 0 radical (unpaired) electrons. The van der Waals surface area contributed by atoms with Crippen LogP contribution in [0.2, 0.25) is 6.04 Å². The van der Waals surface area contributed by atoms with Crippen molar-refractivity contribution in [1.82, 2.24) is 0 Å². The Hall–Kier alpha value is 2.11. The predicted octanol–water partition coefficient (Wildman–Crippen LogP) is 9.67. The van der Waals surface area contributed by atoms with Gasteiger partial charge in [-0.1, -0.05) is 167 Å². The summed E-state index contributed by atoms with van der Waals surface area (Å²) in [7, 11) is 0. The van der Waals surface area contributed by atoms with Crippen molar-refractivity contribution in [2.24, 2.45) is 0 Å². The molecule has 0 bridgehead atoms. The van der Waals surface area contributed by atoms with Crippen molar-refractivity contribution in [3.63, 3.8) is 0 Å². The molecule has 0 aromatic heterocycles. The molecule has 0 aromatic rings. The van der Waals surface area contributed by atoms with E-state index in [1.807, 2.05) is 6.92 Å². The van der Waals surface area contributed by atoms with Gasteiger partial charge in [0.05, 0.1) is 6.61 Å². The maximum absolute atomic E-state index is 5.53. The molecule has 0 aliphatic heterocycles. The molecule has 156 valence electrons. The molecule has 0 rings (SSSR count). The van der Waals surface area contributed by atoms with Gasteiger partial charge in [-0.15, -0.1) is 0 Å². The standard InChI is InChI=1S/C21H41I3OSi/c1-21(2)20-25-18-16-14-12-10-8-6-4-3-5-7-9-11-13-15-17-19-26(22,23)24/h1,3-20H2,2H3. The molecule has 0 spiro atoms. The number of hydrogen-bond acceptors (Lipinski definition) is 1. The number of unbranched alkanes of at least 4 members (excludes halogenated alkanes) is 14. The molecule has 0 aromatic carbocycles. The number of ether oxygens (including phenoxy) is 1. The summed E-state index contributed by atoms with van der Waals surface area (Å²) in [5.41, 5.74) is 1.13. The molecule has 0 aliphatic rings. The Bertz CT molecular complexity index is 319. The van der Waals surface area contributed by atoms with E-state index in [0.29, 0.717) is 0 Å². The van der Waals surface area contributed by atoms with E-state index >= 15 is 0 Å². The first-order valence-corrected chi connectivity index (χ1v) is 22.3. The summed E-state index contributed by atoms with van der Waals surface area (Å²) in [5, 5.41) is 0. The van der Waals surface area contributed by atoms with Crippen LogP contribution < -0.4 is 0 Å². The lowest BCUT2D eigenvalue weighted by atomic mass is 10.0. The van der Waals surface area contributed by atoms with Crippen molar-refractivity contribution in [1.29, 1.82) is 0 Å². The monoisotopic (exact) mass is 718 g/mol. The van der Waals surface area contributed by atoms with E-state index in [-0.39, 0.29) is 0 Å². The normalized spacial score (nSPS) is 11.8. The molecule has 0 aliphatic carbocycles. The second-order valence-electron chi connectivity index (χ2n) is 7.68. The first kappa shape index (κ1) is 28.1. The maximum atomic E-state index is 5.53. The van der Waals surface area contributed by atoms with Gasteiger partial charge in [0.15, 0.2) is 0 Å². The van der Waals surface area contributed by atoms with Crippen LogP contribution in [-0.4, -0.2) is 13.8 Å². The third kappa shape index (κ3) is 26.1. The van der Waals surface area contributed by atoms with E-state index in [9.17, 15) is 0 Å². The zero-order valence-electron chi connectivity index (χ0n) is 17.0. The number of halogens is 3. The summed E-state index contributed by atoms with van der Waals surface area (Å²) >= 11 is 8.06. The molecule has 0 unspecified atom stereocenters. The minimum atomic E-state index is -0.870. The van der Waals surface area contributed by atoms with Crippen molar-refractivity contribution in [3.05, 3.63) is 12.2 Å². The smallest absolute Gasteiger partial charge is 0.253 e.